The number of nitrogen functional groups attached to an aromatic ring is 1. The van der Waals surface area contributed by atoms with Crippen LogP contribution >= 0.6 is 11.3 Å². The Hall–Kier alpha value is -6.67. The first-order valence-electron chi connectivity index (χ1n) is 26.6. The van der Waals surface area contributed by atoms with Crippen molar-refractivity contribution >= 4 is 40.6 Å². The molecule has 3 aliphatic heterocycles. The molecule has 4 fully saturated rings. The molecule has 8 heterocycles. The second-order valence-electron chi connectivity index (χ2n) is 21.7. The third-order valence-corrected chi connectivity index (χ3v) is 17.0. The molecule has 11 rings (SSSR count). The van der Waals surface area contributed by atoms with Crippen LogP contribution in [0, 0.1) is 24.7 Å². The number of hydrogen-bond acceptors (Lipinski definition) is 15. The monoisotopic (exact) mass is 1040 g/mol. The van der Waals surface area contributed by atoms with Gasteiger partial charge in [0.25, 0.3) is 0 Å². The van der Waals surface area contributed by atoms with E-state index in [-0.39, 0.29) is 42.5 Å². The van der Waals surface area contributed by atoms with Gasteiger partial charge in [0.05, 0.1) is 63.7 Å². The summed E-state index contributed by atoms with van der Waals surface area (Å²) in [4.78, 5) is 53.9. The number of aliphatic hydroxyl groups is 1. The molecule has 2 amide bonds. The average Bonchev–Trinajstić information content (AvgIpc) is 4.27. The molecule has 0 spiro atoms. The minimum Gasteiger partial charge on any atom is -0.507 e. The predicted octanol–water partition coefficient (Wildman–Crippen LogP) is 7.72. The number of rotatable bonds is 16. The van der Waals surface area contributed by atoms with Gasteiger partial charge in [-0.3, -0.25) is 14.0 Å². The molecule has 2 aromatic carbocycles. The Morgan fingerprint density at radius 3 is 2.39 bits per heavy atom. The number of imidazole rings is 2. The number of nitrogens with one attached hydrogen (secondary N) is 1. The lowest BCUT2D eigenvalue weighted by molar-refractivity contribution is -0.141. The number of ether oxygens (including phenoxy) is 1. The summed E-state index contributed by atoms with van der Waals surface area (Å²) >= 11 is 1.60. The summed E-state index contributed by atoms with van der Waals surface area (Å²) in [5.74, 6) is 2.02. The molecule has 0 unspecified atom stereocenters. The maximum Gasteiger partial charge on any atom is 0.243 e. The molecule has 75 heavy (non-hydrogen) atoms. The molecule has 5 aromatic heterocycles. The third kappa shape index (κ3) is 10.9. The molecule has 4 atom stereocenters. The van der Waals surface area contributed by atoms with Crippen molar-refractivity contribution in [2.24, 2.45) is 17.8 Å². The highest BCUT2D eigenvalue weighted by molar-refractivity contribution is 7.13. The van der Waals surface area contributed by atoms with Gasteiger partial charge in [-0.05, 0) is 93.4 Å². The van der Waals surface area contributed by atoms with Crippen molar-refractivity contribution in [1.29, 1.82) is 0 Å². The van der Waals surface area contributed by atoms with Gasteiger partial charge in [0.15, 0.2) is 11.6 Å². The SMILES string of the molecule is Cc1ncsc1-c1ccc([C@H](C)NC(=O)[C@@H]2C[C@@H](O)CN2C(=O)[C@@H](c2cc(N3CCC(CN4CCC(OC5CC(Cn6cnc(-c7cn8cc(-c9ccccc9O)nc8nc7N)c6)C5)CC4)CC3)no2)C(C)C)cc1. The fraction of sp³-hybridized carbons (Fsp3) is 0.482. The summed E-state index contributed by atoms with van der Waals surface area (Å²) < 4.78 is 16.5. The van der Waals surface area contributed by atoms with E-state index < -0.39 is 18.1 Å². The standard InChI is InChI=1S/C56H68N12O6S/c1-33(2)51(55(72)68-27-40(69)23-47(68)54(71)60-34(3)38-9-11-39(12-10-38)52-35(4)59-32-75-52)49-24-50(63-74-49)66-19-13-36(14-20-66)25-64-17-15-41(16-18-64)73-42-21-37(22-42)26-65-29-45(58-31-65)44-28-67-30-46(61-56(67)62-53(44)57)43-7-5-6-8-48(43)70/h5-12,24,28-34,36-37,40-42,47,51,69-70H,13-23,25-27H2,1-4H3,(H,60,71)(H2,57,61,62)/t34-,37?,40+,42?,47-,51+/m0/s1. The Labute approximate surface area is 440 Å². The first-order chi connectivity index (χ1) is 36.3. The fourth-order valence-corrected chi connectivity index (χ4v) is 12.5. The van der Waals surface area contributed by atoms with Crippen molar-refractivity contribution in [1.82, 2.24) is 49.2 Å². The van der Waals surface area contributed by atoms with Gasteiger partial charge in [0, 0.05) is 82.5 Å². The molecule has 18 nitrogen and oxygen atoms in total. The number of carbonyl (C=O) groups excluding carboxylic acids is 2. The number of β-amino-alcohol motifs (C(OH)–C–C–N with tert-alkyl or cyclic N) is 1. The minimum absolute atomic E-state index is 0.0859. The van der Waals surface area contributed by atoms with Crippen LogP contribution in [0.2, 0.25) is 0 Å². The number of carbonyl (C=O) groups is 2. The van der Waals surface area contributed by atoms with Crippen LogP contribution in [-0.2, 0) is 20.9 Å². The molecule has 19 heteroatoms. The summed E-state index contributed by atoms with van der Waals surface area (Å²) in [7, 11) is 0. The van der Waals surface area contributed by atoms with Gasteiger partial charge < -0.3 is 49.8 Å². The topological polar surface area (TPSA) is 219 Å². The maximum atomic E-state index is 14.4. The predicted molar refractivity (Wildman–Crippen MR) is 287 cm³/mol. The zero-order valence-electron chi connectivity index (χ0n) is 43.2. The highest BCUT2D eigenvalue weighted by atomic mass is 32.1. The first-order valence-corrected chi connectivity index (χ1v) is 27.5. The number of fused-ring (bicyclic) bond motifs is 1. The van der Waals surface area contributed by atoms with E-state index in [2.05, 4.69) is 44.8 Å². The van der Waals surface area contributed by atoms with Crippen molar-refractivity contribution in [2.75, 3.05) is 49.9 Å². The van der Waals surface area contributed by atoms with Gasteiger partial charge in [-0.2, -0.15) is 4.98 Å². The molecular formula is C56H68N12O6S. The van der Waals surface area contributed by atoms with Crippen molar-refractivity contribution in [2.45, 2.75) is 115 Å². The van der Waals surface area contributed by atoms with Gasteiger partial charge >= 0.3 is 0 Å². The molecule has 394 valence electrons. The van der Waals surface area contributed by atoms with E-state index in [9.17, 15) is 19.8 Å². The number of piperidine rings is 2. The number of anilines is 2. The number of aromatic nitrogens is 7. The largest absolute Gasteiger partial charge is 0.507 e. The Kier molecular flexibility index (Phi) is 14.5. The number of aliphatic hydroxyl groups excluding tert-OH is 1. The third-order valence-electron chi connectivity index (χ3n) is 16.0. The first kappa shape index (κ1) is 50.5. The molecule has 0 radical (unpaired) electrons. The number of phenolic OH excluding ortho intramolecular Hbond substituents is 1. The smallest absolute Gasteiger partial charge is 0.243 e. The van der Waals surface area contributed by atoms with Gasteiger partial charge in [-0.15, -0.1) is 11.3 Å². The quantitative estimate of drug-likeness (QED) is 0.0729. The molecule has 0 bridgehead atoms. The van der Waals surface area contributed by atoms with E-state index >= 15 is 0 Å². The number of nitrogens with two attached hydrogens (primary N) is 1. The number of nitrogens with zero attached hydrogens (tertiary/aromatic N) is 10. The fourth-order valence-electron chi connectivity index (χ4n) is 11.7. The van der Waals surface area contributed by atoms with E-state index in [0.717, 1.165) is 117 Å². The molecule has 1 saturated carbocycles. The van der Waals surface area contributed by atoms with E-state index in [1.54, 1.807) is 23.5 Å². The highest BCUT2D eigenvalue weighted by Crippen LogP contribution is 2.37. The van der Waals surface area contributed by atoms with E-state index in [0.29, 0.717) is 52.7 Å². The second kappa shape index (κ2) is 21.5. The Morgan fingerprint density at radius 2 is 1.65 bits per heavy atom. The Morgan fingerprint density at radius 1 is 0.880 bits per heavy atom. The second-order valence-corrected chi connectivity index (χ2v) is 22.6. The number of para-hydroxylation sites is 1. The summed E-state index contributed by atoms with van der Waals surface area (Å²) in [6, 6.07) is 16.0. The number of benzene rings is 2. The average molecular weight is 1040 g/mol. The summed E-state index contributed by atoms with van der Waals surface area (Å²) in [6.07, 6.45) is 13.9. The van der Waals surface area contributed by atoms with Crippen LogP contribution in [0.5, 0.6) is 5.75 Å². The number of hydrogen-bond donors (Lipinski definition) is 4. The minimum atomic E-state index is -0.800. The van der Waals surface area contributed by atoms with Crippen LogP contribution in [0.25, 0.3) is 38.7 Å². The summed E-state index contributed by atoms with van der Waals surface area (Å²) in [6.45, 7) is 13.7. The van der Waals surface area contributed by atoms with E-state index in [1.165, 1.54) is 4.90 Å². The number of aryl methyl sites for hydroxylation is 1. The van der Waals surface area contributed by atoms with Crippen LogP contribution in [0.4, 0.5) is 11.6 Å². The van der Waals surface area contributed by atoms with Crippen LogP contribution in [-0.4, -0.2) is 130 Å². The molecular weight excluding hydrogens is 969 g/mol. The Balaban J connectivity index is 0.606. The number of thiazole rings is 1. The lowest BCUT2D eigenvalue weighted by Crippen LogP contribution is -2.48. The van der Waals surface area contributed by atoms with Gasteiger partial charge in [0.1, 0.15) is 23.5 Å². The van der Waals surface area contributed by atoms with Gasteiger partial charge in [0.2, 0.25) is 17.6 Å². The molecule has 5 N–H and O–H groups in total. The lowest BCUT2D eigenvalue weighted by atomic mass is 9.82. The highest BCUT2D eigenvalue weighted by Gasteiger charge is 2.44. The number of amides is 2. The number of likely N-dealkylation sites (tertiary alicyclic amines) is 2. The van der Waals surface area contributed by atoms with Crippen LogP contribution < -0.4 is 16.0 Å². The van der Waals surface area contributed by atoms with Crippen molar-refractivity contribution in [3.8, 4) is 38.7 Å². The Bertz CT molecular complexity index is 3110. The summed E-state index contributed by atoms with van der Waals surface area (Å²) in [5.41, 5.74) is 14.0. The number of phenols is 1. The zero-order valence-corrected chi connectivity index (χ0v) is 44.0. The van der Waals surface area contributed by atoms with E-state index in [1.807, 2.05) is 105 Å². The zero-order chi connectivity index (χ0) is 51.9. The van der Waals surface area contributed by atoms with Gasteiger partial charge in [-0.25, -0.2) is 15.0 Å². The molecule has 7 aromatic rings. The van der Waals surface area contributed by atoms with Crippen molar-refractivity contribution < 1.29 is 29.1 Å². The normalized spacial score (nSPS) is 21.7. The van der Waals surface area contributed by atoms with Gasteiger partial charge in [-0.1, -0.05) is 55.4 Å². The van der Waals surface area contributed by atoms with Crippen LogP contribution in [0.1, 0.15) is 94.7 Å². The van der Waals surface area contributed by atoms with Crippen molar-refractivity contribution in [3.05, 3.63) is 102 Å². The summed E-state index contributed by atoms with van der Waals surface area (Å²) in [5, 5.41) is 28.7. The van der Waals surface area contributed by atoms with Crippen LogP contribution in [0.15, 0.2) is 89.5 Å². The number of aromatic hydroxyl groups is 1. The molecule has 1 aliphatic carbocycles. The molecule has 3 saturated heterocycles. The van der Waals surface area contributed by atoms with Crippen molar-refractivity contribution in [3.63, 3.8) is 0 Å². The lowest BCUT2D eigenvalue weighted by Gasteiger charge is -2.41. The molecule has 4 aliphatic rings. The van der Waals surface area contributed by atoms with Crippen LogP contribution in [0.3, 0.4) is 0 Å². The van der Waals surface area contributed by atoms with E-state index in [4.69, 9.17) is 15.0 Å². The maximum absolute atomic E-state index is 14.4.